The molecule has 0 atom stereocenters. The van der Waals surface area contributed by atoms with Crippen molar-refractivity contribution in [3.63, 3.8) is 0 Å². The smallest absolute Gasteiger partial charge is 0.246 e. The Kier molecular flexibility index (Phi) is 6.81. The molecule has 1 amide bonds. The van der Waals surface area contributed by atoms with Crippen LogP contribution in [-0.2, 0) is 4.79 Å². The highest BCUT2D eigenvalue weighted by Crippen LogP contribution is 2.41. The highest BCUT2D eigenvalue weighted by molar-refractivity contribution is 7.11. The number of aryl methyl sites for hydroxylation is 1. The summed E-state index contributed by atoms with van der Waals surface area (Å²) in [5.74, 6) is -0.620. The minimum absolute atomic E-state index is 0.000160. The molecule has 1 N–H and O–H groups in total. The van der Waals surface area contributed by atoms with Gasteiger partial charge in [-0.25, -0.2) is 4.39 Å². The van der Waals surface area contributed by atoms with E-state index in [1.807, 2.05) is 25.1 Å². The SMILES string of the molecule is C=CC(=O)N1CCN(c2snc3c(F)c(-c4cccccc(C)cc(O)c4)c(Cl)cc23)CC1. The Morgan fingerprint density at radius 2 is 1.91 bits per heavy atom. The van der Waals surface area contributed by atoms with Crippen molar-refractivity contribution in [1.29, 1.82) is 0 Å². The molecular weight excluding hydrogens is 461 g/mol. The lowest BCUT2D eigenvalue weighted by Gasteiger charge is -2.34. The summed E-state index contributed by atoms with van der Waals surface area (Å²) in [5.41, 5.74) is 1.73. The van der Waals surface area contributed by atoms with Crippen molar-refractivity contribution >= 4 is 44.9 Å². The van der Waals surface area contributed by atoms with E-state index >= 15 is 4.39 Å². The van der Waals surface area contributed by atoms with Gasteiger partial charge in [0.25, 0.3) is 0 Å². The van der Waals surface area contributed by atoms with Gasteiger partial charge < -0.3 is 14.9 Å². The van der Waals surface area contributed by atoms with Crippen LogP contribution in [0.4, 0.5) is 9.39 Å². The molecule has 1 aliphatic rings. The van der Waals surface area contributed by atoms with E-state index in [1.54, 1.807) is 29.2 Å². The van der Waals surface area contributed by atoms with Crippen LogP contribution in [0.15, 0.2) is 61.2 Å². The molecule has 8 heteroatoms. The van der Waals surface area contributed by atoms with Gasteiger partial charge in [-0.3, -0.25) is 4.79 Å². The first-order chi connectivity index (χ1) is 15.9. The van der Waals surface area contributed by atoms with Gasteiger partial charge in [-0.2, -0.15) is 4.37 Å². The average molecular weight is 484 g/mol. The van der Waals surface area contributed by atoms with Crippen molar-refractivity contribution in [1.82, 2.24) is 9.27 Å². The van der Waals surface area contributed by atoms with Crippen LogP contribution in [0, 0.1) is 12.7 Å². The standard InChI is InChI=1S/C25H23ClFN3O2S/c1-3-21(32)29-9-11-30(12-10-29)25-19-15-20(26)22(23(27)24(19)28-33-25)17-8-6-4-5-7-16(2)13-18(31)14-17/h3-8,13-15,31H,1,9-12H2,2H3. The second kappa shape index (κ2) is 9.77. The Bertz CT molecular complexity index is 1280. The number of hydrogen-bond acceptors (Lipinski definition) is 5. The first kappa shape index (κ1) is 23.0. The van der Waals surface area contributed by atoms with E-state index in [4.69, 9.17) is 11.6 Å². The molecule has 3 aromatic rings. The maximum absolute atomic E-state index is 15.7. The van der Waals surface area contributed by atoms with Crippen LogP contribution in [0.1, 0.15) is 5.56 Å². The molecular formula is C25H23ClFN3O2S. The molecule has 0 saturated carbocycles. The second-order valence-corrected chi connectivity index (χ2v) is 8.93. The molecule has 4 rings (SSSR count). The monoisotopic (exact) mass is 483 g/mol. The predicted octanol–water partition coefficient (Wildman–Crippen LogP) is 5.73. The molecule has 0 unspecified atom stereocenters. The normalized spacial score (nSPS) is 13.7. The molecule has 33 heavy (non-hydrogen) atoms. The number of carbonyl (C=O) groups is 1. The molecule has 170 valence electrons. The zero-order valence-corrected chi connectivity index (χ0v) is 19.7. The van der Waals surface area contributed by atoms with Gasteiger partial charge in [-0.05, 0) is 53.9 Å². The lowest BCUT2D eigenvalue weighted by molar-refractivity contribution is -0.126. The Hall–Kier alpha value is -3.16. The van der Waals surface area contributed by atoms with Crippen LogP contribution in [0.2, 0.25) is 5.02 Å². The highest BCUT2D eigenvalue weighted by Gasteiger charge is 2.25. The van der Waals surface area contributed by atoms with Gasteiger partial charge in [0.15, 0.2) is 5.82 Å². The van der Waals surface area contributed by atoms with Crippen molar-refractivity contribution < 1.29 is 14.3 Å². The Balaban J connectivity index is 1.76. The van der Waals surface area contributed by atoms with E-state index in [2.05, 4.69) is 15.9 Å². The topological polar surface area (TPSA) is 56.7 Å². The lowest BCUT2D eigenvalue weighted by Crippen LogP contribution is -2.48. The fourth-order valence-corrected chi connectivity index (χ4v) is 5.08. The number of piperazine rings is 1. The molecule has 1 aliphatic heterocycles. The quantitative estimate of drug-likeness (QED) is 0.483. The molecule has 0 bridgehead atoms. The largest absolute Gasteiger partial charge is 0.508 e. The van der Waals surface area contributed by atoms with Gasteiger partial charge in [0.1, 0.15) is 16.3 Å². The van der Waals surface area contributed by atoms with Gasteiger partial charge in [0.05, 0.1) is 5.02 Å². The Morgan fingerprint density at radius 1 is 1.18 bits per heavy atom. The zero-order chi connectivity index (χ0) is 23.5. The van der Waals surface area contributed by atoms with Gasteiger partial charge in [0, 0.05) is 37.1 Å². The summed E-state index contributed by atoms with van der Waals surface area (Å²) in [5, 5.41) is 12.0. The third-order valence-corrected chi connectivity index (χ3v) is 6.75. The number of nitrogens with zero attached hydrogens (tertiary/aromatic N) is 3. The average Bonchev–Trinajstić information content (AvgIpc) is 3.21. The summed E-state index contributed by atoms with van der Waals surface area (Å²) in [6, 6.07) is 13.8. The first-order valence-electron chi connectivity index (χ1n) is 10.5. The second-order valence-electron chi connectivity index (χ2n) is 7.77. The zero-order valence-electron chi connectivity index (χ0n) is 18.1. The molecule has 0 aliphatic carbocycles. The van der Waals surface area contributed by atoms with E-state index in [1.165, 1.54) is 23.7 Å². The highest BCUT2D eigenvalue weighted by atomic mass is 35.5. The van der Waals surface area contributed by atoms with E-state index < -0.39 is 5.82 Å². The number of aromatic nitrogens is 1. The third kappa shape index (κ3) is 4.79. The van der Waals surface area contributed by atoms with Crippen molar-refractivity contribution in [2.24, 2.45) is 0 Å². The lowest BCUT2D eigenvalue weighted by atomic mass is 10.0. The summed E-state index contributed by atoms with van der Waals surface area (Å²) in [6.45, 7) is 7.75. The molecule has 0 radical (unpaired) electrons. The minimum Gasteiger partial charge on any atom is -0.508 e. The van der Waals surface area contributed by atoms with Crippen LogP contribution in [0.3, 0.4) is 0 Å². The number of aromatic hydroxyl groups is 1. The van der Waals surface area contributed by atoms with Crippen molar-refractivity contribution in [3.05, 3.63) is 77.6 Å². The van der Waals surface area contributed by atoms with Gasteiger partial charge in [0.2, 0.25) is 5.91 Å². The summed E-state index contributed by atoms with van der Waals surface area (Å²) >= 11 is 7.80. The molecule has 2 aromatic carbocycles. The number of rotatable bonds is 3. The molecule has 5 nitrogen and oxygen atoms in total. The summed E-state index contributed by atoms with van der Waals surface area (Å²) < 4.78 is 20.1. The Morgan fingerprint density at radius 3 is 2.64 bits per heavy atom. The number of carbonyl (C=O) groups excluding carboxylic acids is 1. The van der Waals surface area contributed by atoms with E-state index in [-0.39, 0.29) is 27.8 Å². The van der Waals surface area contributed by atoms with Crippen molar-refractivity contribution in [2.45, 2.75) is 6.92 Å². The van der Waals surface area contributed by atoms with Crippen molar-refractivity contribution in [2.75, 3.05) is 31.1 Å². The number of halogens is 2. The van der Waals surface area contributed by atoms with Crippen molar-refractivity contribution in [3.8, 4) is 16.9 Å². The number of amides is 1. The minimum atomic E-state index is -0.530. The maximum atomic E-state index is 15.7. The van der Waals surface area contributed by atoms with Gasteiger partial charge in [-0.15, -0.1) is 0 Å². The number of anilines is 1. The van der Waals surface area contributed by atoms with Gasteiger partial charge in [-0.1, -0.05) is 48.5 Å². The number of benzene rings is 1. The Labute approximate surface area is 200 Å². The molecule has 1 aromatic heterocycles. The molecule has 2 heterocycles. The van der Waals surface area contributed by atoms with Crippen LogP contribution >= 0.6 is 23.1 Å². The fraction of sp³-hybridized carbons (Fsp3) is 0.200. The van der Waals surface area contributed by atoms with Gasteiger partial charge >= 0.3 is 0 Å². The summed E-state index contributed by atoms with van der Waals surface area (Å²) in [4.78, 5) is 15.7. The molecule has 1 fully saturated rings. The summed E-state index contributed by atoms with van der Waals surface area (Å²) in [7, 11) is 0. The van der Waals surface area contributed by atoms with Crippen LogP contribution in [0.5, 0.6) is 5.75 Å². The first-order valence-corrected chi connectivity index (χ1v) is 11.6. The molecule has 1 saturated heterocycles. The fourth-order valence-electron chi connectivity index (χ4n) is 3.87. The van der Waals surface area contributed by atoms with Crippen LogP contribution in [-0.4, -0.2) is 46.5 Å². The number of hydrogen-bond donors (Lipinski definition) is 1. The van der Waals surface area contributed by atoms with Crippen LogP contribution in [0.25, 0.3) is 22.0 Å². The van der Waals surface area contributed by atoms with E-state index in [0.29, 0.717) is 37.1 Å². The predicted molar refractivity (Wildman–Crippen MR) is 133 cm³/mol. The van der Waals surface area contributed by atoms with Crippen LogP contribution < -0.4 is 4.90 Å². The number of fused-ring (bicyclic) bond motifs is 1. The van der Waals surface area contributed by atoms with E-state index in [0.717, 1.165) is 10.6 Å². The summed E-state index contributed by atoms with van der Waals surface area (Å²) in [6.07, 6.45) is 1.32. The maximum Gasteiger partial charge on any atom is 0.246 e. The van der Waals surface area contributed by atoms with E-state index in [9.17, 15) is 9.90 Å². The molecule has 0 spiro atoms. The third-order valence-electron chi connectivity index (χ3n) is 5.52.